The molecule has 1 heterocycles. The zero-order chi connectivity index (χ0) is 18.9. The van der Waals surface area contributed by atoms with Crippen LogP contribution in [-0.2, 0) is 11.0 Å². The molecule has 0 radical (unpaired) electrons. The summed E-state index contributed by atoms with van der Waals surface area (Å²) < 4.78 is 38.4. The van der Waals surface area contributed by atoms with Gasteiger partial charge in [-0.3, -0.25) is 4.79 Å². The van der Waals surface area contributed by atoms with Crippen LogP contribution in [0.2, 0.25) is 0 Å². The number of halogens is 3. The maximum absolute atomic E-state index is 12.8. The fraction of sp³-hybridized carbons (Fsp3) is 0.533. The molecule has 25 heavy (non-hydrogen) atoms. The van der Waals surface area contributed by atoms with Crippen LogP contribution in [0.4, 0.5) is 23.8 Å². The lowest BCUT2D eigenvalue weighted by atomic mass is 10.2. The molecule has 140 valence electrons. The molecular formula is C15H22F3N5O2. The number of hydrogen-bond donors (Lipinski definition) is 3. The van der Waals surface area contributed by atoms with Gasteiger partial charge >= 0.3 is 12.2 Å². The summed E-state index contributed by atoms with van der Waals surface area (Å²) in [4.78, 5) is 28.5. The highest BCUT2D eigenvalue weighted by Gasteiger charge is 2.33. The average molecular weight is 361 g/mol. The first-order valence-corrected chi connectivity index (χ1v) is 7.85. The van der Waals surface area contributed by atoms with Crippen molar-refractivity contribution in [2.24, 2.45) is 0 Å². The van der Waals surface area contributed by atoms with E-state index in [4.69, 9.17) is 0 Å². The van der Waals surface area contributed by atoms with Crippen LogP contribution in [0.5, 0.6) is 0 Å². The topological polar surface area (TPSA) is 86.4 Å². The highest BCUT2D eigenvalue weighted by molar-refractivity contribution is 5.83. The van der Waals surface area contributed by atoms with Gasteiger partial charge in [0.1, 0.15) is 5.82 Å². The number of alkyl halides is 3. The number of nitrogens with one attached hydrogen (secondary N) is 3. The Bertz CT molecular complexity index is 577. The van der Waals surface area contributed by atoms with Gasteiger partial charge in [0.25, 0.3) is 0 Å². The van der Waals surface area contributed by atoms with Crippen molar-refractivity contribution in [1.82, 2.24) is 20.5 Å². The number of rotatable bonds is 8. The van der Waals surface area contributed by atoms with Crippen LogP contribution in [0, 0.1) is 0 Å². The van der Waals surface area contributed by atoms with E-state index in [0.717, 1.165) is 6.07 Å². The molecule has 0 aliphatic rings. The van der Waals surface area contributed by atoms with Gasteiger partial charge in [0.15, 0.2) is 0 Å². The molecule has 0 bridgehead atoms. The van der Waals surface area contributed by atoms with Crippen LogP contribution < -0.4 is 16.0 Å². The summed E-state index contributed by atoms with van der Waals surface area (Å²) in [6, 6.07) is 1.56. The molecule has 0 saturated carbocycles. The summed E-state index contributed by atoms with van der Waals surface area (Å²) in [5, 5.41) is 7.38. The number of carbonyl (C=O) groups excluding carboxylic acids is 2. The quantitative estimate of drug-likeness (QED) is 0.615. The predicted molar refractivity (Wildman–Crippen MR) is 87.1 cm³/mol. The summed E-state index contributed by atoms with van der Waals surface area (Å²) in [5.74, 6) is -0.504. The maximum Gasteiger partial charge on any atom is 0.419 e. The zero-order valence-electron chi connectivity index (χ0n) is 14.1. The molecule has 0 fully saturated rings. The number of anilines is 1. The largest absolute Gasteiger partial charge is 0.419 e. The molecule has 3 amide bonds. The van der Waals surface area contributed by atoms with Gasteiger partial charge in [-0.15, -0.1) is 0 Å². The third-order valence-corrected chi connectivity index (χ3v) is 3.33. The first-order chi connectivity index (χ1) is 11.8. The lowest BCUT2D eigenvalue weighted by Gasteiger charge is -2.18. The van der Waals surface area contributed by atoms with E-state index in [1.165, 1.54) is 12.3 Å². The summed E-state index contributed by atoms with van der Waals surface area (Å²) in [7, 11) is 0. The van der Waals surface area contributed by atoms with E-state index in [1.54, 1.807) is 4.90 Å². The monoisotopic (exact) mass is 361 g/mol. The Labute approximate surface area is 144 Å². The zero-order valence-corrected chi connectivity index (χ0v) is 14.1. The molecule has 10 heteroatoms. The number of aromatic nitrogens is 1. The van der Waals surface area contributed by atoms with E-state index in [-0.39, 0.29) is 31.4 Å². The van der Waals surface area contributed by atoms with E-state index < -0.39 is 17.8 Å². The van der Waals surface area contributed by atoms with Gasteiger partial charge in [-0.05, 0) is 26.0 Å². The van der Waals surface area contributed by atoms with Crippen molar-refractivity contribution in [3.8, 4) is 0 Å². The third-order valence-electron chi connectivity index (χ3n) is 3.33. The van der Waals surface area contributed by atoms with Crippen molar-refractivity contribution in [3.63, 3.8) is 0 Å². The fourth-order valence-electron chi connectivity index (χ4n) is 2.04. The SMILES string of the molecule is CCN(CC)C(=O)CNC(=O)NCCNc1ncccc1C(F)(F)F. The molecule has 0 spiro atoms. The third kappa shape index (κ3) is 6.86. The van der Waals surface area contributed by atoms with Gasteiger partial charge in [-0.1, -0.05) is 0 Å². The number of nitrogens with zero attached hydrogens (tertiary/aromatic N) is 2. The van der Waals surface area contributed by atoms with Crippen LogP contribution in [0.1, 0.15) is 19.4 Å². The Balaban J connectivity index is 2.35. The first kappa shape index (κ1) is 20.5. The Morgan fingerprint density at radius 1 is 1.16 bits per heavy atom. The summed E-state index contributed by atoms with van der Waals surface area (Å²) in [6.45, 7) is 4.75. The molecule has 3 N–H and O–H groups in total. The molecule has 1 aromatic rings. The van der Waals surface area contributed by atoms with Crippen LogP contribution in [0.15, 0.2) is 18.3 Å². The van der Waals surface area contributed by atoms with E-state index in [1.807, 2.05) is 13.8 Å². The number of likely N-dealkylation sites (N-methyl/N-ethyl adjacent to an activating group) is 1. The number of pyridine rings is 1. The highest BCUT2D eigenvalue weighted by Crippen LogP contribution is 2.33. The van der Waals surface area contributed by atoms with Crippen molar-refractivity contribution in [2.45, 2.75) is 20.0 Å². The lowest BCUT2D eigenvalue weighted by molar-refractivity contribution is -0.137. The normalized spacial score (nSPS) is 10.9. The Hall–Kier alpha value is -2.52. The minimum Gasteiger partial charge on any atom is -0.368 e. The van der Waals surface area contributed by atoms with Gasteiger partial charge in [-0.25, -0.2) is 9.78 Å². The fourth-order valence-corrected chi connectivity index (χ4v) is 2.04. The van der Waals surface area contributed by atoms with Gasteiger partial charge in [-0.2, -0.15) is 13.2 Å². The molecule has 0 aromatic carbocycles. The van der Waals surface area contributed by atoms with Crippen molar-refractivity contribution in [3.05, 3.63) is 23.9 Å². The Morgan fingerprint density at radius 2 is 1.84 bits per heavy atom. The summed E-state index contributed by atoms with van der Waals surface area (Å²) in [6.07, 6.45) is -3.26. The second kappa shape index (κ2) is 9.70. The van der Waals surface area contributed by atoms with Crippen LogP contribution in [0.3, 0.4) is 0 Å². The minimum atomic E-state index is -4.51. The number of urea groups is 1. The van der Waals surface area contributed by atoms with E-state index >= 15 is 0 Å². The lowest BCUT2D eigenvalue weighted by Crippen LogP contribution is -2.44. The van der Waals surface area contributed by atoms with Crippen molar-refractivity contribution >= 4 is 17.8 Å². The summed E-state index contributed by atoms with van der Waals surface area (Å²) >= 11 is 0. The molecule has 0 unspecified atom stereocenters. The number of amides is 3. The standard InChI is InChI=1S/C15H22F3N5O2/c1-3-23(4-2)12(24)10-22-14(25)21-9-8-20-13-11(15(16,17)18)6-5-7-19-13/h5-7H,3-4,8-10H2,1-2H3,(H,19,20)(H2,21,22,25). The van der Waals surface area contributed by atoms with Crippen LogP contribution >= 0.6 is 0 Å². The molecule has 1 rings (SSSR count). The van der Waals surface area contributed by atoms with Gasteiger partial charge in [0, 0.05) is 32.4 Å². The molecule has 0 aliphatic carbocycles. The Morgan fingerprint density at radius 3 is 2.44 bits per heavy atom. The Kier molecular flexibility index (Phi) is 7.96. The van der Waals surface area contributed by atoms with Crippen molar-refractivity contribution in [1.29, 1.82) is 0 Å². The number of carbonyl (C=O) groups is 2. The molecule has 7 nitrogen and oxygen atoms in total. The smallest absolute Gasteiger partial charge is 0.368 e. The second-order valence-corrected chi connectivity index (χ2v) is 5.00. The minimum absolute atomic E-state index is 0.0531. The molecule has 0 atom stereocenters. The second-order valence-electron chi connectivity index (χ2n) is 5.00. The summed E-state index contributed by atoms with van der Waals surface area (Å²) in [5.41, 5.74) is -0.871. The highest BCUT2D eigenvalue weighted by atomic mass is 19.4. The van der Waals surface area contributed by atoms with E-state index in [0.29, 0.717) is 13.1 Å². The van der Waals surface area contributed by atoms with Gasteiger partial charge < -0.3 is 20.9 Å². The van der Waals surface area contributed by atoms with Crippen molar-refractivity contribution in [2.75, 3.05) is 38.0 Å². The maximum atomic E-state index is 12.8. The van der Waals surface area contributed by atoms with Gasteiger partial charge in [0.05, 0.1) is 12.1 Å². The van der Waals surface area contributed by atoms with Crippen LogP contribution in [0.25, 0.3) is 0 Å². The molecule has 0 aliphatic heterocycles. The average Bonchev–Trinajstić information content (AvgIpc) is 2.57. The first-order valence-electron chi connectivity index (χ1n) is 7.85. The van der Waals surface area contributed by atoms with Crippen LogP contribution in [-0.4, -0.2) is 54.5 Å². The number of hydrogen-bond acceptors (Lipinski definition) is 4. The molecule has 0 saturated heterocycles. The van der Waals surface area contributed by atoms with E-state index in [9.17, 15) is 22.8 Å². The molecule has 1 aromatic heterocycles. The van der Waals surface area contributed by atoms with E-state index in [2.05, 4.69) is 20.9 Å². The molecular weight excluding hydrogens is 339 g/mol. The predicted octanol–water partition coefficient (Wildman–Crippen LogP) is 1.68. The van der Waals surface area contributed by atoms with Crippen molar-refractivity contribution < 1.29 is 22.8 Å². The van der Waals surface area contributed by atoms with Gasteiger partial charge in [0.2, 0.25) is 5.91 Å².